The molecule has 0 aromatic rings. The Hall–Kier alpha value is -3.50. The summed E-state index contributed by atoms with van der Waals surface area (Å²) in [5.41, 5.74) is 0. The van der Waals surface area contributed by atoms with Crippen molar-refractivity contribution in [2.75, 3.05) is 39.6 Å². The molecular formula is C83H150O17P2. The Morgan fingerprint density at radius 1 is 0.284 bits per heavy atom. The summed E-state index contributed by atoms with van der Waals surface area (Å²) in [7, 11) is -9.95. The maximum Gasteiger partial charge on any atom is 0.472 e. The van der Waals surface area contributed by atoms with E-state index >= 15 is 0 Å². The molecule has 0 saturated carbocycles. The number of allylic oxidation sites excluding steroid dienone is 12. The fraction of sp³-hybridized carbons (Fsp3) is 0.807. The lowest BCUT2D eigenvalue weighted by molar-refractivity contribution is -0.161. The number of phosphoric ester groups is 2. The van der Waals surface area contributed by atoms with E-state index in [1.54, 1.807) is 0 Å². The van der Waals surface area contributed by atoms with E-state index in [1.165, 1.54) is 128 Å². The van der Waals surface area contributed by atoms with Crippen LogP contribution in [0.2, 0.25) is 0 Å². The van der Waals surface area contributed by atoms with E-state index in [1.807, 2.05) is 0 Å². The summed E-state index contributed by atoms with van der Waals surface area (Å²) in [6.07, 6.45) is 77.3. The van der Waals surface area contributed by atoms with E-state index in [-0.39, 0.29) is 25.7 Å². The number of carbonyl (C=O) groups excluding carboxylic acids is 4. The van der Waals surface area contributed by atoms with E-state index < -0.39 is 97.5 Å². The molecule has 0 aliphatic rings. The fourth-order valence-corrected chi connectivity index (χ4v) is 13.0. The van der Waals surface area contributed by atoms with Crippen LogP contribution in [-0.2, 0) is 65.4 Å². The van der Waals surface area contributed by atoms with Crippen molar-refractivity contribution in [2.24, 2.45) is 0 Å². The number of unbranched alkanes of at least 4 members (excludes halogenated alkanes) is 40. The molecule has 19 heteroatoms. The van der Waals surface area contributed by atoms with Gasteiger partial charge in [-0.05, 0) is 96.3 Å². The molecule has 0 amide bonds. The molecule has 0 radical (unpaired) electrons. The maximum absolute atomic E-state index is 13.1. The molecular weight excluding hydrogens is 1330 g/mol. The third-order valence-corrected chi connectivity index (χ3v) is 19.6. The van der Waals surface area contributed by atoms with Crippen molar-refractivity contribution in [2.45, 2.75) is 393 Å². The molecule has 5 unspecified atom stereocenters. The Kier molecular flexibility index (Phi) is 73.1. The van der Waals surface area contributed by atoms with Gasteiger partial charge in [0, 0.05) is 25.7 Å². The Balaban J connectivity index is 5.31. The summed E-state index contributed by atoms with van der Waals surface area (Å²) in [5, 5.41) is 10.6. The Morgan fingerprint density at radius 2 is 0.510 bits per heavy atom. The molecule has 0 aliphatic heterocycles. The van der Waals surface area contributed by atoms with Crippen LogP contribution in [0.1, 0.15) is 374 Å². The Labute approximate surface area is 622 Å². The Bertz CT molecular complexity index is 2210. The SMILES string of the molecule is CC/C=C\C/C=C\C/C=C\CCCCCCCCCC(=O)OC(COC(=O)CCCCCCCC/C=C\C/C=C\C/C=C\CCCCC)COP(=O)(O)OCC(O)COP(=O)(O)OCC(COC(=O)CCCCCCCCCCCCCCCCC)OC(=O)CCCCCCCCCCCCC. The molecule has 0 spiro atoms. The van der Waals surface area contributed by atoms with Gasteiger partial charge in [-0.1, -0.05) is 325 Å². The predicted octanol–water partition coefficient (Wildman–Crippen LogP) is 24.0. The van der Waals surface area contributed by atoms with E-state index in [4.69, 9.17) is 37.0 Å². The summed E-state index contributed by atoms with van der Waals surface area (Å²) in [5.74, 6) is -2.16. The predicted molar refractivity (Wildman–Crippen MR) is 418 cm³/mol. The highest BCUT2D eigenvalue weighted by Gasteiger charge is 2.30. The van der Waals surface area contributed by atoms with Crippen LogP contribution < -0.4 is 0 Å². The van der Waals surface area contributed by atoms with Gasteiger partial charge in [0.2, 0.25) is 0 Å². The van der Waals surface area contributed by atoms with E-state index in [2.05, 4.69) is 101 Å². The molecule has 0 fully saturated rings. The van der Waals surface area contributed by atoms with Gasteiger partial charge in [0.25, 0.3) is 0 Å². The zero-order valence-electron chi connectivity index (χ0n) is 65.0. The van der Waals surface area contributed by atoms with Crippen LogP contribution in [0.25, 0.3) is 0 Å². The van der Waals surface area contributed by atoms with Gasteiger partial charge in [-0.25, -0.2) is 9.13 Å². The summed E-state index contributed by atoms with van der Waals surface area (Å²) < 4.78 is 68.7. The van der Waals surface area contributed by atoms with Gasteiger partial charge in [-0.3, -0.25) is 37.3 Å². The van der Waals surface area contributed by atoms with Crippen molar-refractivity contribution in [1.29, 1.82) is 0 Å². The number of rotatable bonds is 78. The smallest absolute Gasteiger partial charge is 0.462 e. The highest BCUT2D eigenvalue weighted by atomic mass is 31.2. The van der Waals surface area contributed by atoms with Gasteiger partial charge in [-0.2, -0.15) is 0 Å². The summed E-state index contributed by atoms with van der Waals surface area (Å²) in [4.78, 5) is 73.0. The molecule has 102 heavy (non-hydrogen) atoms. The zero-order chi connectivity index (χ0) is 74.6. The van der Waals surface area contributed by atoms with Crippen LogP contribution in [0.5, 0.6) is 0 Å². The first kappa shape index (κ1) is 98.5. The molecule has 3 N–H and O–H groups in total. The van der Waals surface area contributed by atoms with Crippen LogP contribution in [0, 0.1) is 0 Å². The number of esters is 4. The molecule has 0 rings (SSSR count). The molecule has 0 aromatic heterocycles. The number of carbonyl (C=O) groups is 4. The second-order valence-corrected chi connectivity index (χ2v) is 30.6. The topological polar surface area (TPSA) is 237 Å². The number of aliphatic hydroxyl groups is 1. The normalized spacial score (nSPS) is 14.2. The van der Waals surface area contributed by atoms with Crippen LogP contribution >= 0.6 is 15.6 Å². The molecule has 0 aromatic carbocycles. The van der Waals surface area contributed by atoms with Gasteiger partial charge < -0.3 is 33.8 Å². The maximum atomic E-state index is 13.1. The average molecular weight is 1480 g/mol. The quantitative estimate of drug-likeness (QED) is 0.0169. The number of phosphoric acid groups is 2. The van der Waals surface area contributed by atoms with Crippen LogP contribution in [-0.4, -0.2) is 96.7 Å². The van der Waals surface area contributed by atoms with Crippen molar-refractivity contribution >= 4 is 39.5 Å². The second-order valence-electron chi connectivity index (χ2n) is 27.7. The second kappa shape index (κ2) is 75.7. The average Bonchev–Trinajstić information content (AvgIpc) is 0.927. The number of hydrogen-bond acceptors (Lipinski definition) is 15. The van der Waals surface area contributed by atoms with Crippen molar-refractivity contribution in [3.63, 3.8) is 0 Å². The van der Waals surface area contributed by atoms with Crippen molar-refractivity contribution in [1.82, 2.24) is 0 Å². The number of ether oxygens (including phenoxy) is 4. The summed E-state index contributed by atoms with van der Waals surface area (Å²) in [6, 6.07) is 0. The van der Waals surface area contributed by atoms with E-state index in [0.717, 1.165) is 167 Å². The van der Waals surface area contributed by atoms with Gasteiger partial charge in [0.05, 0.1) is 26.4 Å². The highest BCUT2D eigenvalue weighted by Crippen LogP contribution is 2.45. The lowest BCUT2D eigenvalue weighted by Crippen LogP contribution is -2.30. The molecule has 5 atom stereocenters. The van der Waals surface area contributed by atoms with Gasteiger partial charge in [0.15, 0.2) is 12.2 Å². The standard InChI is InChI=1S/C83H150O17P2/c1-5-9-13-17-21-25-29-32-35-37-38-40-42-45-49-52-56-60-64-68-81(86)94-74-79(100-83(88)70-66-62-58-54-50-46-43-39-36-33-30-26-22-18-14-10-6-2)76-98-102(91,92)96-72-77(84)71-95-101(89,90)97-75-78(99-82(87)69-65-61-57-53-47-28-24-20-16-12-8-4)73-93-80(85)67-63-59-55-51-48-44-41-34-31-27-23-19-15-11-7-3/h10,14,21-22,25-26,32-33,35-36,38,40,77-79,84H,5-9,11-13,15-20,23-24,27-31,34,37,39,41-76H2,1-4H3,(H,89,90)(H,91,92)/b14-10-,25-21-,26-22-,35-32-,36-33-,40-38-. The molecule has 17 nitrogen and oxygen atoms in total. The molecule has 0 heterocycles. The van der Waals surface area contributed by atoms with Crippen molar-refractivity contribution in [3.05, 3.63) is 72.9 Å². The fourth-order valence-electron chi connectivity index (χ4n) is 11.4. The highest BCUT2D eigenvalue weighted by molar-refractivity contribution is 7.47. The summed E-state index contributed by atoms with van der Waals surface area (Å²) >= 11 is 0. The van der Waals surface area contributed by atoms with E-state index in [9.17, 15) is 43.2 Å². The van der Waals surface area contributed by atoms with Crippen molar-refractivity contribution < 1.29 is 80.2 Å². The lowest BCUT2D eigenvalue weighted by atomic mass is 10.0. The largest absolute Gasteiger partial charge is 0.472 e. The van der Waals surface area contributed by atoms with Crippen LogP contribution in [0.3, 0.4) is 0 Å². The van der Waals surface area contributed by atoms with Gasteiger partial charge in [0.1, 0.15) is 19.3 Å². The molecule has 0 bridgehead atoms. The third kappa shape index (κ3) is 74.8. The van der Waals surface area contributed by atoms with Crippen LogP contribution in [0.4, 0.5) is 0 Å². The summed E-state index contributed by atoms with van der Waals surface area (Å²) in [6.45, 7) is 4.78. The first-order valence-corrected chi connectivity index (χ1v) is 44.2. The van der Waals surface area contributed by atoms with E-state index in [0.29, 0.717) is 25.7 Å². The minimum absolute atomic E-state index is 0.0832. The van der Waals surface area contributed by atoms with Crippen LogP contribution in [0.15, 0.2) is 72.9 Å². The van der Waals surface area contributed by atoms with Gasteiger partial charge >= 0.3 is 39.5 Å². The molecule has 594 valence electrons. The lowest BCUT2D eigenvalue weighted by Gasteiger charge is -2.21. The monoisotopic (exact) mass is 1480 g/mol. The van der Waals surface area contributed by atoms with Crippen molar-refractivity contribution in [3.8, 4) is 0 Å². The first-order valence-electron chi connectivity index (χ1n) is 41.2. The third-order valence-electron chi connectivity index (χ3n) is 17.7. The molecule has 0 aliphatic carbocycles. The first-order chi connectivity index (χ1) is 49.7. The van der Waals surface area contributed by atoms with Gasteiger partial charge in [-0.15, -0.1) is 0 Å². The number of aliphatic hydroxyl groups excluding tert-OH is 1. The Morgan fingerprint density at radius 3 is 0.804 bits per heavy atom. The minimum Gasteiger partial charge on any atom is -0.462 e. The molecule has 0 saturated heterocycles. The zero-order valence-corrected chi connectivity index (χ0v) is 66.8. The number of hydrogen-bond donors (Lipinski definition) is 3. The minimum atomic E-state index is -4.98.